The molecule has 0 radical (unpaired) electrons. The first-order chi connectivity index (χ1) is 9.39. The number of para-hydroxylation sites is 1. The lowest BCUT2D eigenvalue weighted by atomic mass is 10.0. The Balaban J connectivity index is 2.34. The van der Waals surface area contributed by atoms with Crippen LogP contribution in [0.4, 0.5) is 24.5 Å². The van der Waals surface area contributed by atoms with Gasteiger partial charge in [-0.05, 0) is 38.1 Å². The molecule has 0 unspecified atom stereocenters. The second kappa shape index (κ2) is 5.66. The Bertz CT molecular complexity index is 499. The van der Waals surface area contributed by atoms with Crippen LogP contribution in [0.2, 0.25) is 0 Å². The Morgan fingerprint density at radius 3 is 2.50 bits per heavy atom. The van der Waals surface area contributed by atoms with E-state index in [-0.39, 0.29) is 11.7 Å². The van der Waals surface area contributed by atoms with Gasteiger partial charge in [0, 0.05) is 6.04 Å². The lowest BCUT2D eigenvalue weighted by molar-refractivity contribution is -0.387. The number of rotatable bonds is 3. The molecule has 1 aliphatic heterocycles. The van der Waals surface area contributed by atoms with Gasteiger partial charge < -0.3 is 10.6 Å². The molecule has 0 spiro atoms. The highest BCUT2D eigenvalue weighted by Gasteiger charge is 2.40. The van der Waals surface area contributed by atoms with Crippen molar-refractivity contribution < 1.29 is 18.1 Å². The molecule has 2 N–H and O–H groups in total. The van der Waals surface area contributed by atoms with Crippen molar-refractivity contribution in [1.82, 2.24) is 5.32 Å². The van der Waals surface area contributed by atoms with Crippen molar-refractivity contribution in [3.05, 3.63) is 33.9 Å². The van der Waals surface area contributed by atoms with Crippen LogP contribution in [-0.4, -0.2) is 24.1 Å². The summed E-state index contributed by atoms with van der Waals surface area (Å²) in [5.41, 5.74) is -2.20. The van der Waals surface area contributed by atoms with Crippen molar-refractivity contribution in [2.75, 3.05) is 18.4 Å². The summed E-state index contributed by atoms with van der Waals surface area (Å²) in [6, 6.07) is 3.17. The molecule has 5 nitrogen and oxygen atoms in total. The maximum atomic E-state index is 12.8. The van der Waals surface area contributed by atoms with Gasteiger partial charge in [0.1, 0.15) is 11.3 Å². The van der Waals surface area contributed by atoms with Gasteiger partial charge in [-0.3, -0.25) is 10.1 Å². The Kier molecular flexibility index (Phi) is 4.12. The average molecular weight is 289 g/mol. The third-order valence-corrected chi connectivity index (χ3v) is 3.22. The molecule has 20 heavy (non-hydrogen) atoms. The number of hydrogen-bond donors (Lipinski definition) is 2. The molecule has 0 aliphatic carbocycles. The number of nitro groups is 1. The maximum Gasteiger partial charge on any atom is 0.423 e. The average Bonchev–Trinajstić information content (AvgIpc) is 2.38. The van der Waals surface area contributed by atoms with Gasteiger partial charge in [0.15, 0.2) is 0 Å². The Labute approximate surface area is 113 Å². The van der Waals surface area contributed by atoms with Gasteiger partial charge in [-0.15, -0.1) is 0 Å². The largest absolute Gasteiger partial charge is 0.423 e. The number of hydrogen-bond acceptors (Lipinski definition) is 4. The van der Waals surface area contributed by atoms with E-state index in [0.29, 0.717) is 12.8 Å². The third kappa shape index (κ3) is 3.19. The van der Waals surface area contributed by atoms with Crippen LogP contribution in [-0.2, 0) is 6.18 Å². The van der Waals surface area contributed by atoms with Crippen LogP contribution in [0, 0.1) is 10.1 Å². The lowest BCUT2D eigenvalue weighted by Gasteiger charge is -2.25. The van der Waals surface area contributed by atoms with Crippen LogP contribution in [0.15, 0.2) is 18.2 Å². The molecule has 0 amide bonds. The van der Waals surface area contributed by atoms with Crippen molar-refractivity contribution in [3.63, 3.8) is 0 Å². The summed E-state index contributed by atoms with van der Waals surface area (Å²) in [7, 11) is 0. The van der Waals surface area contributed by atoms with Crippen LogP contribution in [0.5, 0.6) is 0 Å². The minimum atomic E-state index is -4.74. The molecule has 1 saturated heterocycles. The molecule has 0 saturated carbocycles. The van der Waals surface area contributed by atoms with E-state index in [9.17, 15) is 23.3 Å². The fourth-order valence-electron chi connectivity index (χ4n) is 2.27. The highest BCUT2D eigenvalue weighted by molar-refractivity contribution is 5.66. The van der Waals surface area contributed by atoms with E-state index in [2.05, 4.69) is 10.6 Å². The van der Waals surface area contributed by atoms with Gasteiger partial charge >= 0.3 is 11.9 Å². The molecule has 0 aromatic heterocycles. The molecule has 1 aromatic carbocycles. The van der Waals surface area contributed by atoms with E-state index >= 15 is 0 Å². The van der Waals surface area contributed by atoms with Crippen molar-refractivity contribution in [1.29, 1.82) is 0 Å². The molecular formula is C12H14F3N3O2. The predicted octanol–water partition coefficient (Wildman–Crippen LogP) is 2.78. The first-order valence-corrected chi connectivity index (χ1v) is 6.21. The summed E-state index contributed by atoms with van der Waals surface area (Å²) in [6.45, 7) is 1.48. The lowest BCUT2D eigenvalue weighted by Crippen LogP contribution is -2.35. The van der Waals surface area contributed by atoms with Gasteiger partial charge in [-0.2, -0.15) is 13.2 Å². The number of nitrogens with one attached hydrogen (secondary N) is 2. The van der Waals surface area contributed by atoms with E-state index in [1.165, 1.54) is 12.1 Å². The number of anilines is 1. The molecule has 2 rings (SSSR count). The molecule has 1 fully saturated rings. The van der Waals surface area contributed by atoms with E-state index in [4.69, 9.17) is 0 Å². The minimum absolute atomic E-state index is 0.0570. The van der Waals surface area contributed by atoms with E-state index in [1.54, 1.807) is 0 Å². The second-order valence-corrected chi connectivity index (χ2v) is 4.63. The van der Waals surface area contributed by atoms with E-state index in [0.717, 1.165) is 19.2 Å². The predicted molar refractivity (Wildman–Crippen MR) is 67.6 cm³/mol. The topological polar surface area (TPSA) is 67.2 Å². The number of piperidine rings is 1. The number of benzene rings is 1. The number of nitro benzene ring substituents is 1. The van der Waals surface area contributed by atoms with Gasteiger partial charge in [0.05, 0.1) is 4.92 Å². The molecule has 0 bridgehead atoms. The SMILES string of the molecule is O=[N+]([O-])c1c(NC2CCNCC2)cccc1C(F)(F)F. The zero-order chi connectivity index (χ0) is 14.8. The number of nitrogens with zero attached hydrogens (tertiary/aromatic N) is 1. The summed E-state index contributed by atoms with van der Waals surface area (Å²) in [4.78, 5) is 10.0. The number of halogens is 3. The van der Waals surface area contributed by atoms with Gasteiger partial charge in [0.25, 0.3) is 0 Å². The molecule has 1 aromatic rings. The Morgan fingerprint density at radius 1 is 1.30 bits per heavy atom. The Hall–Kier alpha value is -1.83. The fourth-order valence-corrected chi connectivity index (χ4v) is 2.27. The maximum absolute atomic E-state index is 12.8. The zero-order valence-electron chi connectivity index (χ0n) is 10.5. The van der Waals surface area contributed by atoms with E-state index < -0.39 is 22.4 Å². The van der Waals surface area contributed by atoms with Crippen LogP contribution in [0.1, 0.15) is 18.4 Å². The van der Waals surface area contributed by atoms with Crippen molar-refractivity contribution in [2.45, 2.75) is 25.1 Å². The summed E-state index contributed by atoms with van der Waals surface area (Å²) in [5.74, 6) is 0. The number of alkyl halides is 3. The van der Waals surface area contributed by atoms with Crippen LogP contribution in [0.3, 0.4) is 0 Å². The van der Waals surface area contributed by atoms with Crippen LogP contribution >= 0.6 is 0 Å². The fraction of sp³-hybridized carbons (Fsp3) is 0.500. The quantitative estimate of drug-likeness (QED) is 0.663. The summed E-state index contributed by atoms with van der Waals surface area (Å²) in [6.07, 6.45) is -3.31. The second-order valence-electron chi connectivity index (χ2n) is 4.63. The van der Waals surface area contributed by atoms with Gasteiger partial charge in [-0.1, -0.05) is 6.07 Å². The first kappa shape index (κ1) is 14.6. The van der Waals surface area contributed by atoms with Crippen molar-refractivity contribution >= 4 is 11.4 Å². The Morgan fingerprint density at radius 2 is 1.95 bits per heavy atom. The third-order valence-electron chi connectivity index (χ3n) is 3.22. The summed E-state index contributed by atoms with van der Waals surface area (Å²) in [5, 5.41) is 17.0. The molecule has 1 aliphatic rings. The summed E-state index contributed by atoms with van der Waals surface area (Å²) >= 11 is 0. The van der Waals surface area contributed by atoms with Gasteiger partial charge in [0.2, 0.25) is 0 Å². The first-order valence-electron chi connectivity index (χ1n) is 6.21. The standard InChI is InChI=1S/C12H14F3N3O2/c13-12(14,15)9-2-1-3-10(11(9)18(19)20)17-8-4-6-16-7-5-8/h1-3,8,16-17H,4-7H2. The molecule has 1 heterocycles. The van der Waals surface area contributed by atoms with Crippen LogP contribution in [0.25, 0.3) is 0 Å². The van der Waals surface area contributed by atoms with Crippen molar-refractivity contribution in [3.8, 4) is 0 Å². The van der Waals surface area contributed by atoms with Gasteiger partial charge in [-0.25, -0.2) is 0 Å². The highest BCUT2D eigenvalue weighted by Crippen LogP contribution is 2.40. The zero-order valence-corrected chi connectivity index (χ0v) is 10.5. The highest BCUT2D eigenvalue weighted by atomic mass is 19.4. The normalized spacial score (nSPS) is 16.9. The molecule has 110 valence electrons. The summed E-state index contributed by atoms with van der Waals surface area (Å²) < 4.78 is 38.5. The smallest absolute Gasteiger partial charge is 0.377 e. The molecule has 0 atom stereocenters. The van der Waals surface area contributed by atoms with Crippen molar-refractivity contribution in [2.24, 2.45) is 0 Å². The monoisotopic (exact) mass is 289 g/mol. The molecular weight excluding hydrogens is 275 g/mol. The minimum Gasteiger partial charge on any atom is -0.377 e. The van der Waals surface area contributed by atoms with E-state index in [1.807, 2.05) is 0 Å². The van der Waals surface area contributed by atoms with Crippen LogP contribution < -0.4 is 10.6 Å². The molecule has 8 heteroatoms.